The Morgan fingerprint density at radius 1 is 1.16 bits per heavy atom. The summed E-state index contributed by atoms with van der Waals surface area (Å²) in [5.74, 6) is -0.281. The molecule has 9 heteroatoms. The Balaban J connectivity index is 1.71. The van der Waals surface area contributed by atoms with Crippen LogP contribution in [0.2, 0.25) is 0 Å². The molecule has 1 atom stereocenters. The van der Waals surface area contributed by atoms with Gasteiger partial charge < -0.3 is 4.74 Å². The van der Waals surface area contributed by atoms with Crippen LogP contribution in [-0.4, -0.2) is 56.0 Å². The van der Waals surface area contributed by atoms with E-state index in [2.05, 4.69) is 4.98 Å². The lowest BCUT2D eigenvalue weighted by molar-refractivity contribution is 0.0917. The molecular weight excluding hydrogens is 446 g/mol. The lowest BCUT2D eigenvalue weighted by Crippen LogP contribution is -2.37. The fraction of sp³-hybridized carbons (Fsp3) is 0.391. The molecule has 0 spiro atoms. The maximum absolute atomic E-state index is 13.6. The zero-order valence-electron chi connectivity index (χ0n) is 18.2. The van der Waals surface area contributed by atoms with E-state index < -0.39 is 10.0 Å². The van der Waals surface area contributed by atoms with Crippen molar-refractivity contribution in [1.29, 1.82) is 0 Å². The highest BCUT2D eigenvalue weighted by molar-refractivity contribution is 7.89. The molecule has 1 amide bonds. The molecule has 4 rings (SSSR count). The van der Waals surface area contributed by atoms with E-state index in [-0.39, 0.29) is 16.9 Å². The molecule has 0 saturated carbocycles. The number of hydrogen-bond donors (Lipinski definition) is 0. The fourth-order valence-electron chi connectivity index (χ4n) is 3.87. The number of anilines is 1. The van der Waals surface area contributed by atoms with Crippen molar-refractivity contribution in [3.05, 3.63) is 54.1 Å². The second-order valence-electron chi connectivity index (χ2n) is 7.63. The largest absolute Gasteiger partial charge is 0.376 e. The molecule has 1 aliphatic rings. The van der Waals surface area contributed by atoms with E-state index in [1.54, 1.807) is 30.9 Å². The van der Waals surface area contributed by atoms with E-state index in [0.29, 0.717) is 36.9 Å². The number of nitrogens with zero attached hydrogens (tertiary/aromatic N) is 3. The molecule has 1 unspecified atom stereocenters. The number of aromatic nitrogens is 1. The van der Waals surface area contributed by atoms with Crippen LogP contribution in [0.4, 0.5) is 5.13 Å². The first-order chi connectivity index (χ1) is 15.4. The van der Waals surface area contributed by atoms with Crippen molar-refractivity contribution in [1.82, 2.24) is 9.29 Å². The molecule has 2 aromatic carbocycles. The second-order valence-corrected chi connectivity index (χ2v) is 10.6. The van der Waals surface area contributed by atoms with Crippen LogP contribution in [0.5, 0.6) is 0 Å². The Bertz CT molecular complexity index is 1170. The Morgan fingerprint density at radius 3 is 2.62 bits per heavy atom. The smallest absolute Gasteiger partial charge is 0.260 e. The van der Waals surface area contributed by atoms with E-state index >= 15 is 0 Å². The first-order valence-corrected chi connectivity index (χ1v) is 13.1. The van der Waals surface area contributed by atoms with Crippen LogP contribution in [0.15, 0.2) is 53.4 Å². The third-order valence-corrected chi connectivity index (χ3v) is 8.70. The summed E-state index contributed by atoms with van der Waals surface area (Å²) in [4.78, 5) is 20.0. The van der Waals surface area contributed by atoms with Gasteiger partial charge in [-0.2, -0.15) is 4.31 Å². The summed E-state index contributed by atoms with van der Waals surface area (Å²) in [6, 6.07) is 14.0. The van der Waals surface area contributed by atoms with Crippen LogP contribution in [0, 0.1) is 0 Å². The van der Waals surface area contributed by atoms with Crippen LogP contribution in [0.25, 0.3) is 10.2 Å². The third-order valence-electron chi connectivity index (χ3n) is 5.59. The molecule has 7 nitrogen and oxygen atoms in total. The number of fused-ring (bicyclic) bond motifs is 1. The van der Waals surface area contributed by atoms with E-state index in [1.807, 2.05) is 24.3 Å². The summed E-state index contributed by atoms with van der Waals surface area (Å²) in [7, 11) is -3.67. The molecule has 0 radical (unpaired) electrons. The highest BCUT2D eigenvalue weighted by Crippen LogP contribution is 2.31. The number of carbonyl (C=O) groups excluding carboxylic acids is 1. The van der Waals surface area contributed by atoms with Crippen molar-refractivity contribution in [3.63, 3.8) is 0 Å². The summed E-state index contributed by atoms with van der Waals surface area (Å²) in [5.41, 5.74) is 1.14. The van der Waals surface area contributed by atoms with Crippen molar-refractivity contribution in [2.24, 2.45) is 0 Å². The Hall–Kier alpha value is -2.33. The highest BCUT2D eigenvalue weighted by atomic mass is 32.2. The topological polar surface area (TPSA) is 79.8 Å². The molecule has 1 aromatic heterocycles. The molecule has 32 heavy (non-hydrogen) atoms. The van der Waals surface area contributed by atoms with Gasteiger partial charge in [0.2, 0.25) is 10.0 Å². The standard InChI is InChI=1S/C23H27N3O4S2/c1-3-25(4-2)32(28,29)19-11-7-9-17(15-19)22(27)26(16-18-10-8-14-30-18)23-24-20-12-5-6-13-21(20)31-23/h5-7,9,11-13,15,18H,3-4,8,10,14,16H2,1-2H3. The zero-order chi connectivity index (χ0) is 22.7. The van der Waals surface area contributed by atoms with Gasteiger partial charge in [-0.05, 0) is 43.2 Å². The SMILES string of the molecule is CCN(CC)S(=O)(=O)c1cccc(C(=O)N(CC2CCCO2)c2nc3ccccc3s2)c1. The van der Waals surface area contributed by atoms with Gasteiger partial charge in [-0.1, -0.05) is 43.4 Å². The average Bonchev–Trinajstić information content (AvgIpc) is 3.47. The molecule has 1 fully saturated rings. The molecule has 1 saturated heterocycles. The van der Waals surface area contributed by atoms with Gasteiger partial charge >= 0.3 is 0 Å². The first-order valence-electron chi connectivity index (χ1n) is 10.8. The highest BCUT2D eigenvalue weighted by Gasteiger charge is 2.28. The number of para-hydroxylation sites is 1. The summed E-state index contributed by atoms with van der Waals surface area (Å²) in [6.45, 7) is 5.40. The fourth-order valence-corrected chi connectivity index (χ4v) is 6.35. The van der Waals surface area contributed by atoms with Crippen molar-refractivity contribution in [2.45, 2.75) is 37.7 Å². The number of benzene rings is 2. The summed E-state index contributed by atoms with van der Waals surface area (Å²) in [5, 5.41) is 0.587. The first kappa shape index (κ1) is 22.8. The maximum atomic E-state index is 13.6. The van der Waals surface area contributed by atoms with Crippen LogP contribution < -0.4 is 4.90 Å². The second kappa shape index (κ2) is 9.66. The number of rotatable bonds is 8. The van der Waals surface area contributed by atoms with Crippen molar-refractivity contribution < 1.29 is 17.9 Å². The Kier molecular flexibility index (Phi) is 6.90. The molecule has 0 aliphatic carbocycles. The lowest BCUT2D eigenvalue weighted by atomic mass is 10.2. The minimum atomic E-state index is -3.67. The molecule has 0 N–H and O–H groups in total. The van der Waals surface area contributed by atoms with Crippen molar-refractivity contribution >= 4 is 42.6 Å². The molecule has 170 valence electrons. The van der Waals surface area contributed by atoms with Crippen molar-refractivity contribution in [3.8, 4) is 0 Å². The number of carbonyl (C=O) groups is 1. The predicted molar refractivity (Wildman–Crippen MR) is 127 cm³/mol. The van der Waals surface area contributed by atoms with Crippen LogP contribution in [0.1, 0.15) is 37.0 Å². The van der Waals surface area contributed by atoms with Gasteiger partial charge in [0.1, 0.15) is 0 Å². The van der Waals surface area contributed by atoms with Gasteiger partial charge in [0, 0.05) is 25.3 Å². The zero-order valence-corrected chi connectivity index (χ0v) is 19.9. The van der Waals surface area contributed by atoms with Crippen molar-refractivity contribution in [2.75, 3.05) is 31.1 Å². The van der Waals surface area contributed by atoms with Gasteiger partial charge in [0.15, 0.2) is 5.13 Å². The van der Waals surface area contributed by atoms with Crippen LogP contribution in [0.3, 0.4) is 0 Å². The van der Waals surface area contributed by atoms with Gasteiger partial charge in [0.25, 0.3) is 5.91 Å². The maximum Gasteiger partial charge on any atom is 0.260 e. The van der Waals surface area contributed by atoms with Gasteiger partial charge in [0.05, 0.1) is 27.8 Å². The predicted octanol–water partition coefficient (Wildman–Crippen LogP) is 4.15. The van der Waals surface area contributed by atoms with Gasteiger partial charge in [-0.25, -0.2) is 13.4 Å². The number of ether oxygens (including phenoxy) is 1. The van der Waals surface area contributed by atoms with E-state index in [4.69, 9.17) is 4.74 Å². The number of thiazole rings is 1. The van der Waals surface area contributed by atoms with Crippen LogP contribution >= 0.6 is 11.3 Å². The summed E-state index contributed by atoms with van der Waals surface area (Å²) >= 11 is 1.45. The van der Waals surface area contributed by atoms with E-state index in [1.165, 1.54) is 27.8 Å². The third kappa shape index (κ3) is 4.56. The quantitative estimate of drug-likeness (QED) is 0.491. The monoisotopic (exact) mass is 473 g/mol. The molecular formula is C23H27N3O4S2. The van der Waals surface area contributed by atoms with Crippen LogP contribution in [-0.2, 0) is 14.8 Å². The number of hydrogen-bond acceptors (Lipinski definition) is 6. The van der Waals surface area contributed by atoms with E-state index in [9.17, 15) is 13.2 Å². The number of sulfonamides is 1. The molecule has 3 aromatic rings. The molecule has 0 bridgehead atoms. The molecule has 1 aliphatic heterocycles. The summed E-state index contributed by atoms with van der Waals surface area (Å²) < 4.78 is 34.1. The Labute approximate surface area is 192 Å². The lowest BCUT2D eigenvalue weighted by Gasteiger charge is -2.24. The minimum absolute atomic E-state index is 0.0615. The van der Waals surface area contributed by atoms with Gasteiger partial charge in [-0.3, -0.25) is 9.69 Å². The minimum Gasteiger partial charge on any atom is -0.376 e. The van der Waals surface area contributed by atoms with E-state index in [0.717, 1.165) is 23.1 Å². The van der Waals surface area contributed by atoms with Gasteiger partial charge in [-0.15, -0.1) is 0 Å². The normalized spacial score (nSPS) is 16.7. The number of amides is 1. The average molecular weight is 474 g/mol. The summed E-state index contributed by atoms with van der Waals surface area (Å²) in [6.07, 6.45) is 1.78. The Morgan fingerprint density at radius 2 is 1.94 bits per heavy atom. The molecule has 2 heterocycles.